The monoisotopic (exact) mass is 488 g/mol. The van der Waals surface area contributed by atoms with Crippen LogP contribution in [0.4, 0.5) is 28.6 Å². The van der Waals surface area contributed by atoms with Gasteiger partial charge in [-0.25, -0.2) is 4.42 Å². The molecule has 0 radical (unpaired) electrons. The molecule has 0 amide bonds. The van der Waals surface area contributed by atoms with Crippen molar-refractivity contribution in [1.82, 2.24) is 0 Å². The van der Waals surface area contributed by atoms with Crippen LogP contribution >= 0.6 is 0 Å². The fraction of sp³-hybridized carbons (Fsp3) is 0.296. The van der Waals surface area contributed by atoms with Gasteiger partial charge in [-0.05, 0) is 65.0 Å². The van der Waals surface area contributed by atoms with Gasteiger partial charge in [0.1, 0.15) is 0 Å². The maximum absolute atomic E-state index is 9.75. The van der Waals surface area contributed by atoms with Crippen LogP contribution in [0.25, 0.3) is 17.0 Å². The van der Waals surface area contributed by atoms with Crippen molar-refractivity contribution in [2.45, 2.75) is 40.0 Å². The minimum atomic E-state index is -6.00. The van der Waals surface area contributed by atoms with Crippen LogP contribution in [0.5, 0.6) is 0 Å². The van der Waals surface area contributed by atoms with Gasteiger partial charge in [0.2, 0.25) is 0 Å². The summed E-state index contributed by atoms with van der Waals surface area (Å²) < 4.78 is 45.3. The number of hydrogen-bond acceptors (Lipinski definition) is 2. The van der Waals surface area contributed by atoms with Gasteiger partial charge in [-0.2, -0.15) is 0 Å². The normalized spacial score (nSPS) is 12.1. The second-order valence-electron chi connectivity index (χ2n) is 8.89. The Balaban J connectivity index is 0.000000784. The van der Waals surface area contributed by atoms with Gasteiger partial charge in [-0.3, -0.25) is 0 Å². The Labute approximate surface area is 205 Å². The Bertz CT molecular complexity index is 1130. The largest absolute Gasteiger partial charge is 0.673 e. The molecule has 0 saturated carbocycles. The molecule has 0 bridgehead atoms. The maximum Gasteiger partial charge on any atom is 0.673 e. The lowest BCUT2D eigenvalue weighted by Gasteiger charge is -2.20. The first-order valence-electron chi connectivity index (χ1n) is 11.6. The van der Waals surface area contributed by atoms with E-state index in [1.807, 2.05) is 42.6 Å². The van der Waals surface area contributed by atoms with Crippen LogP contribution in [0, 0.1) is 0 Å². The van der Waals surface area contributed by atoms with Gasteiger partial charge >= 0.3 is 18.6 Å². The molecule has 0 spiro atoms. The van der Waals surface area contributed by atoms with Crippen LogP contribution in [-0.2, 0) is 5.41 Å². The van der Waals surface area contributed by atoms with Crippen molar-refractivity contribution in [2.24, 2.45) is 0 Å². The van der Waals surface area contributed by atoms with E-state index in [0.29, 0.717) is 0 Å². The quantitative estimate of drug-likeness (QED) is 0.156. The standard InChI is InChI=1S/C27H33N2O.BF4/c1-6-29(7-2)23-16-17-24-21(19-26(27(3,4)5)30-25(24)20-23)13-11-12-18-28-22-14-9-8-10-15-22;2-1(3,4)5/h8-20,28H,6-7H2,1-5H3;/q+1;-1/b13-11+,18-12+;. The molecular weight excluding hydrogens is 455 g/mol. The number of halogens is 4. The summed E-state index contributed by atoms with van der Waals surface area (Å²) in [6.07, 6.45) is 8.18. The zero-order valence-electron chi connectivity index (χ0n) is 20.9. The van der Waals surface area contributed by atoms with Crippen molar-refractivity contribution < 1.29 is 21.7 Å². The fourth-order valence-corrected chi connectivity index (χ4v) is 3.39. The number of hydrogen-bond donors (Lipinski definition) is 1. The third kappa shape index (κ3) is 9.47. The number of rotatable bonds is 7. The molecule has 1 N–H and O–H groups in total. The summed E-state index contributed by atoms with van der Waals surface area (Å²) in [6, 6.07) is 18.8. The van der Waals surface area contributed by atoms with E-state index in [9.17, 15) is 17.3 Å². The summed E-state index contributed by atoms with van der Waals surface area (Å²) in [6.45, 7) is 12.9. The van der Waals surface area contributed by atoms with Crippen molar-refractivity contribution in [3.8, 4) is 0 Å². The van der Waals surface area contributed by atoms with E-state index < -0.39 is 7.25 Å². The Morgan fingerprint density at radius 2 is 1.54 bits per heavy atom. The highest BCUT2D eigenvalue weighted by molar-refractivity contribution is 6.50. The second kappa shape index (κ2) is 12.4. The van der Waals surface area contributed by atoms with Crippen molar-refractivity contribution >= 4 is 35.7 Å². The number of nitrogens with one attached hydrogen (secondary N) is 1. The minimum Gasteiger partial charge on any atom is -0.418 e. The summed E-state index contributed by atoms with van der Waals surface area (Å²) in [7, 11) is -6.00. The first-order valence-corrected chi connectivity index (χ1v) is 11.6. The zero-order valence-corrected chi connectivity index (χ0v) is 20.9. The van der Waals surface area contributed by atoms with Gasteiger partial charge < -0.3 is 27.5 Å². The maximum atomic E-state index is 9.75. The predicted octanol–water partition coefficient (Wildman–Crippen LogP) is 8.80. The highest BCUT2D eigenvalue weighted by Crippen LogP contribution is 2.32. The summed E-state index contributed by atoms with van der Waals surface area (Å²) in [5.41, 5.74) is 4.30. The molecule has 2 aromatic carbocycles. The van der Waals surface area contributed by atoms with Crippen LogP contribution in [-0.4, -0.2) is 20.3 Å². The summed E-state index contributed by atoms with van der Waals surface area (Å²) in [5.74, 6) is 0.984. The lowest BCUT2D eigenvalue weighted by Crippen LogP contribution is -2.21. The molecule has 1 heterocycles. The number of para-hydroxylation sites is 1. The highest BCUT2D eigenvalue weighted by Gasteiger charge is 2.29. The third-order valence-corrected chi connectivity index (χ3v) is 5.16. The van der Waals surface area contributed by atoms with Crippen LogP contribution in [0.15, 0.2) is 77.4 Å². The molecule has 35 heavy (non-hydrogen) atoms. The molecule has 0 saturated heterocycles. The molecule has 0 fully saturated rings. The molecule has 0 unspecified atom stereocenters. The smallest absolute Gasteiger partial charge is 0.418 e. The van der Waals surface area contributed by atoms with Crippen molar-refractivity contribution in [3.05, 3.63) is 84.3 Å². The highest BCUT2D eigenvalue weighted by atomic mass is 19.5. The van der Waals surface area contributed by atoms with E-state index >= 15 is 0 Å². The number of nitrogens with zero attached hydrogens (tertiary/aromatic N) is 1. The SMILES string of the molecule is CCN(CC)c1ccc2c(/C=C/C=C/Nc3ccccc3)cc(C(C)(C)C)[o+]c2c1.F[B-](F)(F)F. The molecule has 0 atom stereocenters. The van der Waals surface area contributed by atoms with Crippen LogP contribution in [0.2, 0.25) is 0 Å². The van der Waals surface area contributed by atoms with Crippen LogP contribution in [0.3, 0.4) is 0 Å². The number of fused-ring (bicyclic) bond motifs is 1. The van der Waals surface area contributed by atoms with E-state index in [1.54, 1.807) is 0 Å². The molecule has 3 aromatic rings. The summed E-state index contributed by atoms with van der Waals surface area (Å²) in [5, 5.41) is 4.41. The van der Waals surface area contributed by atoms with Gasteiger partial charge in [0.05, 0.1) is 16.9 Å². The number of anilines is 2. The van der Waals surface area contributed by atoms with Gasteiger partial charge in [0, 0.05) is 42.3 Å². The number of benzene rings is 2. The Kier molecular flexibility index (Phi) is 9.93. The lowest BCUT2D eigenvalue weighted by molar-refractivity contribution is 0.368. The molecule has 8 heteroatoms. The second-order valence-corrected chi connectivity index (χ2v) is 8.89. The van der Waals surface area contributed by atoms with Crippen molar-refractivity contribution in [1.29, 1.82) is 0 Å². The van der Waals surface area contributed by atoms with E-state index in [1.165, 1.54) is 5.69 Å². The molecule has 0 aliphatic rings. The van der Waals surface area contributed by atoms with Gasteiger partial charge in [-0.1, -0.05) is 30.4 Å². The van der Waals surface area contributed by atoms with Gasteiger partial charge in [0.25, 0.3) is 0 Å². The van der Waals surface area contributed by atoms with E-state index in [4.69, 9.17) is 4.42 Å². The molecule has 3 nitrogen and oxygen atoms in total. The topological polar surface area (TPSA) is 26.6 Å². The fourth-order valence-electron chi connectivity index (χ4n) is 3.39. The van der Waals surface area contributed by atoms with E-state index in [2.05, 4.69) is 81.3 Å². The Morgan fingerprint density at radius 1 is 0.914 bits per heavy atom. The number of allylic oxidation sites excluding steroid dienone is 2. The molecule has 1 aromatic heterocycles. The minimum absolute atomic E-state index is 0.0628. The Morgan fingerprint density at radius 3 is 2.11 bits per heavy atom. The predicted molar refractivity (Wildman–Crippen MR) is 141 cm³/mol. The van der Waals surface area contributed by atoms with Crippen LogP contribution < -0.4 is 10.2 Å². The van der Waals surface area contributed by atoms with Crippen molar-refractivity contribution in [3.63, 3.8) is 0 Å². The molecule has 0 aliphatic carbocycles. The third-order valence-electron chi connectivity index (χ3n) is 5.16. The average molecular weight is 488 g/mol. The zero-order chi connectivity index (χ0) is 26.1. The molecular formula is C27H33BF4N2O. The first kappa shape index (κ1) is 28.0. The summed E-state index contributed by atoms with van der Waals surface area (Å²) >= 11 is 0. The average Bonchev–Trinajstić information content (AvgIpc) is 2.78. The van der Waals surface area contributed by atoms with Crippen molar-refractivity contribution in [2.75, 3.05) is 23.3 Å². The van der Waals surface area contributed by atoms with Gasteiger partial charge in [0.15, 0.2) is 0 Å². The molecule has 0 aliphatic heterocycles. The van der Waals surface area contributed by atoms with E-state index in [0.717, 1.165) is 41.1 Å². The van der Waals surface area contributed by atoms with E-state index in [-0.39, 0.29) is 5.41 Å². The molecule has 188 valence electrons. The summed E-state index contributed by atoms with van der Waals surface area (Å²) in [4.78, 5) is 2.34. The first-order chi connectivity index (χ1) is 16.4. The lowest BCUT2D eigenvalue weighted by atomic mass is 9.91. The van der Waals surface area contributed by atoms with Gasteiger partial charge in [-0.15, -0.1) is 0 Å². The Hall–Kier alpha value is -3.29. The molecule has 3 rings (SSSR count). The van der Waals surface area contributed by atoms with Crippen LogP contribution in [0.1, 0.15) is 45.9 Å².